The van der Waals surface area contributed by atoms with Gasteiger partial charge in [-0.3, -0.25) is 19.8 Å². The number of hydrogen-bond donors (Lipinski definition) is 3. The van der Waals surface area contributed by atoms with E-state index in [1.54, 1.807) is 55.6 Å². The Bertz CT molecular complexity index is 1410. The van der Waals surface area contributed by atoms with Crippen molar-refractivity contribution in [2.45, 2.75) is 13.5 Å². The molecule has 0 saturated heterocycles. The van der Waals surface area contributed by atoms with Gasteiger partial charge in [-0.1, -0.05) is 40.2 Å². The molecule has 8 nitrogen and oxygen atoms in total. The first kappa shape index (κ1) is 24.0. The van der Waals surface area contributed by atoms with Crippen LogP contribution in [0.1, 0.15) is 21.6 Å². The summed E-state index contributed by atoms with van der Waals surface area (Å²) in [7, 11) is 1.57. The number of fused-ring (bicyclic) bond motifs is 1. The molecule has 4 rings (SSSR count). The molecule has 0 aliphatic heterocycles. The molecule has 3 N–H and O–H groups in total. The molecule has 4 aromatic rings. The number of hydrogen-bond acceptors (Lipinski definition) is 4. The molecule has 0 aliphatic carbocycles. The van der Waals surface area contributed by atoms with Crippen molar-refractivity contribution >= 4 is 50.2 Å². The van der Waals surface area contributed by atoms with Gasteiger partial charge >= 0.3 is 11.8 Å². The third-order valence-electron chi connectivity index (χ3n) is 5.30. The molecule has 0 spiro atoms. The van der Waals surface area contributed by atoms with Crippen molar-refractivity contribution in [3.8, 4) is 5.75 Å². The summed E-state index contributed by atoms with van der Waals surface area (Å²) in [4.78, 5) is 38.3. The van der Waals surface area contributed by atoms with E-state index in [0.29, 0.717) is 22.3 Å². The highest BCUT2D eigenvalue weighted by Gasteiger charge is 2.21. The van der Waals surface area contributed by atoms with Gasteiger partial charge in [0.2, 0.25) is 0 Å². The number of rotatable bonds is 6. The van der Waals surface area contributed by atoms with E-state index < -0.39 is 17.7 Å². The lowest BCUT2D eigenvalue weighted by molar-refractivity contribution is -0.136. The average molecular weight is 535 g/mol. The predicted octanol–water partition coefficient (Wildman–Crippen LogP) is 4.36. The Labute approximate surface area is 210 Å². The van der Waals surface area contributed by atoms with Crippen molar-refractivity contribution in [3.63, 3.8) is 0 Å². The lowest BCUT2D eigenvalue weighted by atomic mass is 10.2. The molecular weight excluding hydrogens is 512 g/mol. The number of anilines is 1. The fourth-order valence-corrected chi connectivity index (χ4v) is 3.93. The first-order valence-corrected chi connectivity index (χ1v) is 11.5. The van der Waals surface area contributed by atoms with Gasteiger partial charge in [-0.2, -0.15) is 0 Å². The van der Waals surface area contributed by atoms with Crippen molar-refractivity contribution in [1.29, 1.82) is 0 Å². The molecule has 1 aromatic heterocycles. The van der Waals surface area contributed by atoms with Gasteiger partial charge < -0.3 is 15.4 Å². The maximum absolute atomic E-state index is 13.1. The zero-order valence-electron chi connectivity index (χ0n) is 19.1. The van der Waals surface area contributed by atoms with Gasteiger partial charge in [-0.25, -0.2) is 4.68 Å². The van der Waals surface area contributed by atoms with Gasteiger partial charge in [0.15, 0.2) is 0 Å². The Morgan fingerprint density at radius 2 is 1.71 bits per heavy atom. The van der Waals surface area contributed by atoms with E-state index >= 15 is 0 Å². The monoisotopic (exact) mass is 534 g/mol. The van der Waals surface area contributed by atoms with Crippen molar-refractivity contribution in [2.75, 3.05) is 17.9 Å². The number of nitrogens with zero attached hydrogens (tertiary/aromatic N) is 1. The summed E-state index contributed by atoms with van der Waals surface area (Å²) < 4.78 is 7.26. The van der Waals surface area contributed by atoms with Gasteiger partial charge in [-0.15, -0.1) is 0 Å². The SMILES string of the molecule is COc1ccc(CNC(=O)C(=O)Nn2c(C(=O)Nc3cccc(C)c3)cc3cc(Br)ccc32)cc1. The van der Waals surface area contributed by atoms with Crippen LogP contribution < -0.4 is 20.8 Å². The van der Waals surface area contributed by atoms with Crippen LogP contribution in [-0.4, -0.2) is 29.5 Å². The highest BCUT2D eigenvalue weighted by molar-refractivity contribution is 9.10. The molecule has 0 atom stereocenters. The molecule has 0 aliphatic rings. The number of aryl methyl sites for hydroxylation is 1. The van der Waals surface area contributed by atoms with Crippen LogP contribution in [0.4, 0.5) is 5.69 Å². The molecule has 35 heavy (non-hydrogen) atoms. The Morgan fingerprint density at radius 1 is 0.943 bits per heavy atom. The third kappa shape index (κ3) is 5.70. The van der Waals surface area contributed by atoms with E-state index in [1.165, 1.54) is 4.68 Å². The predicted molar refractivity (Wildman–Crippen MR) is 138 cm³/mol. The summed E-state index contributed by atoms with van der Waals surface area (Å²) in [6.07, 6.45) is 0. The zero-order valence-corrected chi connectivity index (χ0v) is 20.7. The van der Waals surface area contributed by atoms with E-state index in [0.717, 1.165) is 15.6 Å². The van der Waals surface area contributed by atoms with Crippen LogP contribution >= 0.6 is 15.9 Å². The maximum Gasteiger partial charge on any atom is 0.328 e. The Morgan fingerprint density at radius 3 is 2.43 bits per heavy atom. The molecule has 0 fully saturated rings. The minimum Gasteiger partial charge on any atom is -0.497 e. The number of carbonyl (C=O) groups is 3. The van der Waals surface area contributed by atoms with Crippen LogP contribution in [0.15, 0.2) is 77.3 Å². The van der Waals surface area contributed by atoms with Crippen LogP contribution in [0.5, 0.6) is 5.75 Å². The molecule has 3 aromatic carbocycles. The number of amides is 3. The quantitative estimate of drug-likeness (QED) is 0.320. The van der Waals surface area contributed by atoms with Crippen LogP contribution in [0.2, 0.25) is 0 Å². The van der Waals surface area contributed by atoms with Crippen LogP contribution in [0.25, 0.3) is 10.9 Å². The third-order valence-corrected chi connectivity index (χ3v) is 5.80. The lowest BCUT2D eigenvalue weighted by Crippen LogP contribution is -2.39. The van der Waals surface area contributed by atoms with Gasteiger partial charge in [0.25, 0.3) is 5.91 Å². The fourth-order valence-electron chi connectivity index (χ4n) is 3.55. The molecular formula is C26H23BrN4O4. The number of aromatic nitrogens is 1. The lowest BCUT2D eigenvalue weighted by Gasteiger charge is -2.13. The highest BCUT2D eigenvalue weighted by Crippen LogP contribution is 2.24. The number of nitrogens with one attached hydrogen (secondary N) is 3. The maximum atomic E-state index is 13.1. The molecule has 0 unspecified atom stereocenters. The van der Waals surface area contributed by atoms with E-state index in [-0.39, 0.29) is 12.2 Å². The van der Waals surface area contributed by atoms with Crippen molar-refractivity contribution in [3.05, 3.63) is 94.1 Å². The summed E-state index contributed by atoms with van der Waals surface area (Å²) in [6, 6.07) is 21.5. The number of ether oxygens (including phenoxy) is 1. The second-order valence-corrected chi connectivity index (χ2v) is 8.78. The van der Waals surface area contributed by atoms with Crippen LogP contribution in [-0.2, 0) is 16.1 Å². The largest absolute Gasteiger partial charge is 0.497 e. The first-order chi connectivity index (χ1) is 16.8. The van der Waals surface area contributed by atoms with Crippen molar-refractivity contribution in [1.82, 2.24) is 9.99 Å². The van der Waals surface area contributed by atoms with E-state index in [2.05, 4.69) is 32.0 Å². The van der Waals surface area contributed by atoms with E-state index in [4.69, 9.17) is 4.74 Å². The minimum absolute atomic E-state index is 0.163. The first-order valence-electron chi connectivity index (χ1n) is 10.7. The summed E-state index contributed by atoms with van der Waals surface area (Å²) in [6.45, 7) is 2.09. The molecule has 0 bridgehead atoms. The van der Waals surface area contributed by atoms with Gasteiger partial charge in [0, 0.05) is 22.1 Å². The van der Waals surface area contributed by atoms with E-state index in [1.807, 2.05) is 31.2 Å². The standard InChI is InChI=1S/C26H23BrN4O4/c1-16-4-3-5-20(12-16)29-24(32)23-14-18-13-19(27)8-11-22(18)31(23)30-26(34)25(33)28-15-17-6-9-21(35-2)10-7-17/h3-14H,15H2,1-2H3,(H,28,33)(H,29,32)(H,30,34). The van der Waals surface area contributed by atoms with Gasteiger partial charge in [0.05, 0.1) is 12.6 Å². The number of halogens is 1. The Balaban J connectivity index is 1.54. The molecule has 0 radical (unpaired) electrons. The molecule has 1 heterocycles. The van der Waals surface area contributed by atoms with Crippen molar-refractivity contribution < 1.29 is 19.1 Å². The molecule has 0 saturated carbocycles. The zero-order chi connectivity index (χ0) is 24.9. The Hall–Kier alpha value is -4.11. The van der Waals surface area contributed by atoms with Gasteiger partial charge in [-0.05, 0) is 66.6 Å². The molecule has 9 heteroatoms. The summed E-state index contributed by atoms with van der Waals surface area (Å²) in [5.41, 5.74) is 5.72. The van der Waals surface area contributed by atoms with Crippen LogP contribution in [0, 0.1) is 6.92 Å². The summed E-state index contributed by atoms with van der Waals surface area (Å²) >= 11 is 3.42. The normalized spacial score (nSPS) is 10.6. The summed E-state index contributed by atoms with van der Waals surface area (Å²) in [5.74, 6) is -1.46. The Kier molecular flexibility index (Phi) is 7.17. The van der Waals surface area contributed by atoms with E-state index in [9.17, 15) is 14.4 Å². The molecule has 178 valence electrons. The molecule has 3 amide bonds. The highest BCUT2D eigenvalue weighted by atomic mass is 79.9. The van der Waals surface area contributed by atoms with Gasteiger partial charge in [0.1, 0.15) is 11.4 Å². The van der Waals surface area contributed by atoms with Crippen LogP contribution in [0.3, 0.4) is 0 Å². The summed E-state index contributed by atoms with van der Waals surface area (Å²) in [5, 5.41) is 6.14. The number of methoxy groups -OCH3 is 1. The minimum atomic E-state index is -0.900. The fraction of sp³-hybridized carbons (Fsp3) is 0.115. The number of benzene rings is 3. The van der Waals surface area contributed by atoms with Crippen molar-refractivity contribution in [2.24, 2.45) is 0 Å². The smallest absolute Gasteiger partial charge is 0.328 e. The second-order valence-electron chi connectivity index (χ2n) is 7.86. The topological polar surface area (TPSA) is 101 Å². The average Bonchev–Trinajstić information content (AvgIpc) is 3.20. The second kappa shape index (κ2) is 10.4. The number of carbonyl (C=O) groups excluding carboxylic acids is 3.